The lowest BCUT2D eigenvalue weighted by Crippen LogP contribution is -2.22. The number of hydrogen-bond donors (Lipinski definition) is 1. The summed E-state index contributed by atoms with van der Waals surface area (Å²) in [5, 5.41) is 4.42. The van der Waals surface area contributed by atoms with E-state index in [-0.39, 0.29) is 0 Å². The highest BCUT2D eigenvalue weighted by Gasteiger charge is 2.14. The zero-order chi connectivity index (χ0) is 12.1. The molecule has 1 fully saturated rings. The van der Waals surface area contributed by atoms with Gasteiger partial charge in [-0.25, -0.2) is 0 Å². The fourth-order valence-electron chi connectivity index (χ4n) is 2.20. The molecule has 0 radical (unpaired) electrons. The van der Waals surface area contributed by atoms with Gasteiger partial charge in [0.2, 0.25) is 0 Å². The Kier molecular flexibility index (Phi) is 4.93. The molecule has 2 heteroatoms. The summed E-state index contributed by atoms with van der Waals surface area (Å²) in [5.74, 6) is 1.99. The Bertz CT molecular complexity index is 325. The van der Waals surface area contributed by atoms with Gasteiger partial charge >= 0.3 is 0 Å². The van der Waals surface area contributed by atoms with Gasteiger partial charge < -0.3 is 5.32 Å². The molecular weight excluding hydrogens is 226 g/mol. The minimum absolute atomic E-state index is 0.631. The normalized spacial score (nSPS) is 20.1. The summed E-state index contributed by atoms with van der Waals surface area (Å²) in [4.78, 5) is 0. The van der Waals surface area contributed by atoms with Crippen LogP contribution in [0.3, 0.4) is 0 Å². The van der Waals surface area contributed by atoms with Gasteiger partial charge in [-0.15, -0.1) is 0 Å². The average Bonchev–Trinajstić information content (AvgIpc) is 2.83. The molecule has 1 atom stereocenters. The zero-order valence-electron chi connectivity index (χ0n) is 10.9. The second kappa shape index (κ2) is 6.46. The first kappa shape index (κ1) is 13.0. The summed E-state index contributed by atoms with van der Waals surface area (Å²) < 4.78 is 0. The summed E-state index contributed by atoms with van der Waals surface area (Å²) in [7, 11) is 0. The third-order valence-corrected chi connectivity index (χ3v) is 4.77. The minimum Gasteiger partial charge on any atom is -0.312 e. The molecule has 1 heterocycles. The van der Waals surface area contributed by atoms with Gasteiger partial charge in [-0.2, -0.15) is 11.8 Å². The van der Waals surface area contributed by atoms with Crippen molar-refractivity contribution in [1.82, 2.24) is 5.32 Å². The summed E-state index contributed by atoms with van der Waals surface area (Å²) in [6, 6.07) is 9.02. The molecule has 0 saturated carbocycles. The van der Waals surface area contributed by atoms with Gasteiger partial charge in [0.25, 0.3) is 0 Å². The van der Waals surface area contributed by atoms with Gasteiger partial charge in [-0.1, -0.05) is 38.1 Å². The molecule has 17 heavy (non-hydrogen) atoms. The van der Waals surface area contributed by atoms with Crippen molar-refractivity contribution >= 4 is 11.8 Å². The summed E-state index contributed by atoms with van der Waals surface area (Å²) in [6.45, 7) is 6.65. The first-order valence-corrected chi connectivity index (χ1v) is 7.72. The number of rotatable bonds is 5. The van der Waals surface area contributed by atoms with Crippen molar-refractivity contribution in [1.29, 1.82) is 0 Å². The molecule has 0 amide bonds. The second-order valence-corrected chi connectivity index (χ2v) is 6.57. The first-order valence-electron chi connectivity index (χ1n) is 6.67. The van der Waals surface area contributed by atoms with Gasteiger partial charge in [-0.3, -0.25) is 0 Å². The standard InChI is InChI=1S/C15H23NS/c1-12(2)14-7-5-13(6-8-14)10-16-11-15-4-3-9-17-15/h5-8,12,15-16H,3-4,9-11H2,1-2H3. The Morgan fingerprint density at radius 2 is 2.06 bits per heavy atom. The van der Waals surface area contributed by atoms with Crippen molar-refractivity contribution in [2.24, 2.45) is 0 Å². The third-order valence-electron chi connectivity index (χ3n) is 3.37. The molecule has 94 valence electrons. The predicted molar refractivity (Wildman–Crippen MR) is 77.7 cm³/mol. The molecule has 1 unspecified atom stereocenters. The molecule has 0 spiro atoms. The van der Waals surface area contributed by atoms with Crippen LogP contribution in [-0.4, -0.2) is 17.5 Å². The van der Waals surface area contributed by atoms with Crippen LogP contribution in [0.5, 0.6) is 0 Å². The van der Waals surface area contributed by atoms with Crippen LogP contribution in [0, 0.1) is 0 Å². The number of thioether (sulfide) groups is 1. The highest BCUT2D eigenvalue weighted by atomic mass is 32.2. The smallest absolute Gasteiger partial charge is 0.0205 e. The van der Waals surface area contributed by atoms with Crippen molar-refractivity contribution in [3.63, 3.8) is 0 Å². The number of benzene rings is 1. The van der Waals surface area contributed by atoms with E-state index in [0.29, 0.717) is 5.92 Å². The fraction of sp³-hybridized carbons (Fsp3) is 0.600. The molecule has 0 aromatic heterocycles. The molecule has 1 saturated heterocycles. The molecule has 2 rings (SSSR count). The Labute approximate surface area is 109 Å². The largest absolute Gasteiger partial charge is 0.312 e. The van der Waals surface area contributed by atoms with E-state index >= 15 is 0 Å². The maximum Gasteiger partial charge on any atom is 0.0205 e. The van der Waals surface area contributed by atoms with Crippen LogP contribution < -0.4 is 5.32 Å². The highest BCUT2D eigenvalue weighted by molar-refractivity contribution is 8.00. The van der Waals surface area contributed by atoms with Crippen LogP contribution >= 0.6 is 11.8 Å². The zero-order valence-corrected chi connectivity index (χ0v) is 11.7. The van der Waals surface area contributed by atoms with E-state index in [1.807, 2.05) is 0 Å². The molecule has 0 aliphatic carbocycles. The second-order valence-electron chi connectivity index (χ2n) is 5.16. The highest BCUT2D eigenvalue weighted by Crippen LogP contribution is 2.25. The molecule has 1 nitrogen and oxygen atoms in total. The SMILES string of the molecule is CC(C)c1ccc(CNCC2CCCS2)cc1. The monoisotopic (exact) mass is 249 g/mol. The van der Waals surface area contributed by atoms with E-state index < -0.39 is 0 Å². The Morgan fingerprint density at radius 3 is 2.65 bits per heavy atom. The first-order chi connectivity index (χ1) is 8.25. The van der Waals surface area contributed by atoms with Crippen molar-refractivity contribution in [2.45, 2.75) is 44.4 Å². The molecule has 0 bridgehead atoms. The quantitative estimate of drug-likeness (QED) is 0.852. The molecule has 1 aromatic rings. The van der Waals surface area contributed by atoms with Crippen LogP contribution in [0.2, 0.25) is 0 Å². The van der Waals surface area contributed by atoms with Crippen molar-refractivity contribution in [3.8, 4) is 0 Å². The van der Waals surface area contributed by atoms with Gasteiger partial charge in [-0.05, 0) is 35.6 Å². The van der Waals surface area contributed by atoms with Crippen LogP contribution in [-0.2, 0) is 6.54 Å². The average molecular weight is 249 g/mol. The number of hydrogen-bond acceptors (Lipinski definition) is 2. The van der Waals surface area contributed by atoms with Gasteiger partial charge in [0.1, 0.15) is 0 Å². The lowest BCUT2D eigenvalue weighted by molar-refractivity contribution is 0.645. The molecule has 1 aromatic carbocycles. The summed E-state index contributed by atoms with van der Waals surface area (Å²) >= 11 is 2.12. The van der Waals surface area contributed by atoms with Crippen molar-refractivity contribution < 1.29 is 0 Å². The molecular formula is C15H23NS. The van der Waals surface area contributed by atoms with Gasteiger partial charge in [0.15, 0.2) is 0 Å². The summed E-state index contributed by atoms with van der Waals surface area (Å²) in [5.41, 5.74) is 2.83. The minimum atomic E-state index is 0.631. The van der Waals surface area contributed by atoms with E-state index in [4.69, 9.17) is 0 Å². The van der Waals surface area contributed by atoms with Crippen LogP contribution in [0.1, 0.15) is 43.7 Å². The third kappa shape index (κ3) is 4.04. The molecule has 1 aliphatic rings. The fourth-order valence-corrected chi connectivity index (χ4v) is 3.44. The lowest BCUT2D eigenvalue weighted by atomic mass is 10.0. The van der Waals surface area contributed by atoms with Crippen molar-refractivity contribution in [2.75, 3.05) is 12.3 Å². The predicted octanol–water partition coefficient (Wildman–Crippen LogP) is 3.80. The van der Waals surface area contributed by atoms with E-state index in [1.54, 1.807) is 0 Å². The van der Waals surface area contributed by atoms with Crippen LogP contribution in [0.15, 0.2) is 24.3 Å². The number of nitrogens with one attached hydrogen (secondary N) is 1. The lowest BCUT2D eigenvalue weighted by Gasteiger charge is -2.11. The topological polar surface area (TPSA) is 12.0 Å². The van der Waals surface area contributed by atoms with Gasteiger partial charge in [0.05, 0.1) is 0 Å². The Hall–Kier alpha value is -0.470. The Morgan fingerprint density at radius 1 is 1.29 bits per heavy atom. The van der Waals surface area contributed by atoms with Crippen LogP contribution in [0.4, 0.5) is 0 Å². The maximum atomic E-state index is 3.57. The molecule has 1 aliphatic heterocycles. The molecule has 1 N–H and O–H groups in total. The van der Waals surface area contributed by atoms with Crippen LogP contribution in [0.25, 0.3) is 0 Å². The Balaban J connectivity index is 1.74. The van der Waals surface area contributed by atoms with E-state index in [9.17, 15) is 0 Å². The van der Waals surface area contributed by atoms with Crippen molar-refractivity contribution in [3.05, 3.63) is 35.4 Å². The summed E-state index contributed by atoms with van der Waals surface area (Å²) in [6.07, 6.45) is 2.80. The van der Waals surface area contributed by atoms with E-state index in [1.165, 1.54) is 29.7 Å². The van der Waals surface area contributed by atoms with E-state index in [0.717, 1.165) is 18.3 Å². The maximum absolute atomic E-state index is 3.57. The van der Waals surface area contributed by atoms with Gasteiger partial charge in [0, 0.05) is 18.3 Å². The van der Waals surface area contributed by atoms with E-state index in [2.05, 4.69) is 55.2 Å².